The predicted molar refractivity (Wildman–Crippen MR) is 63.9 cm³/mol. The highest BCUT2D eigenvalue weighted by Crippen LogP contribution is 2.33. The van der Waals surface area contributed by atoms with E-state index in [4.69, 9.17) is 4.74 Å². The lowest BCUT2D eigenvalue weighted by Gasteiger charge is -2.09. The summed E-state index contributed by atoms with van der Waals surface area (Å²) in [5, 5.41) is 0. The number of ketones is 1. The number of carbonyl (C=O) groups is 1. The molecule has 0 radical (unpaired) electrons. The van der Waals surface area contributed by atoms with Crippen LogP contribution >= 0.6 is 0 Å². The first-order chi connectivity index (χ1) is 7.65. The zero-order valence-electron chi connectivity index (χ0n) is 9.90. The molecule has 0 saturated heterocycles. The summed E-state index contributed by atoms with van der Waals surface area (Å²) < 4.78 is 5.53. The summed E-state index contributed by atoms with van der Waals surface area (Å²) in [5.74, 6) is 1.75. The largest absolute Gasteiger partial charge is 0.491 e. The van der Waals surface area contributed by atoms with Crippen molar-refractivity contribution in [1.82, 2.24) is 0 Å². The molecule has 1 aliphatic rings. The van der Waals surface area contributed by atoms with Gasteiger partial charge in [-0.2, -0.15) is 0 Å². The van der Waals surface area contributed by atoms with E-state index in [1.165, 1.54) is 12.8 Å². The molecular weight excluding hydrogens is 200 g/mol. The first-order valence-electron chi connectivity index (χ1n) is 5.95. The molecule has 0 spiro atoms. The summed E-state index contributed by atoms with van der Waals surface area (Å²) in [6.07, 6.45) is 3.33. The molecule has 1 aromatic rings. The number of ether oxygens (including phenoxy) is 1. The second kappa shape index (κ2) is 4.69. The van der Waals surface area contributed by atoms with Gasteiger partial charge >= 0.3 is 0 Å². The average Bonchev–Trinajstić information content (AvgIpc) is 3.01. The average molecular weight is 218 g/mol. The molecule has 1 aromatic carbocycles. The second-order valence-electron chi connectivity index (χ2n) is 4.76. The Morgan fingerprint density at radius 3 is 2.44 bits per heavy atom. The van der Waals surface area contributed by atoms with Crippen LogP contribution in [0.4, 0.5) is 0 Å². The van der Waals surface area contributed by atoms with Crippen LogP contribution in [0.25, 0.3) is 0 Å². The minimum Gasteiger partial charge on any atom is -0.491 e. The van der Waals surface area contributed by atoms with Crippen LogP contribution in [0.5, 0.6) is 5.75 Å². The van der Waals surface area contributed by atoms with Crippen LogP contribution in [0, 0.1) is 5.92 Å². The highest BCUT2D eigenvalue weighted by molar-refractivity contribution is 5.96. The molecule has 2 heteroatoms. The maximum absolute atomic E-state index is 11.8. The van der Waals surface area contributed by atoms with Gasteiger partial charge in [0.05, 0.1) is 6.10 Å². The highest BCUT2D eigenvalue weighted by Gasteiger charge is 2.24. The quantitative estimate of drug-likeness (QED) is 0.707. The van der Waals surface area contributed by atoms with Crippen molar-refractivity contribution in [3.63, 3.8) is 0 Å². The fraction of sp³-hybridized carbons (Fsp3) is 0.500. The van der Waals surface area contributed by atoms with Gasteiger partial charge in [0.25, 0.3) is 0 Å². The molecule has 2 rings (SSSR count). The first-order valence-corrected chi connectivity index (χ1v) is 5.95. The van der Waals surface area contributed by atoms with Crippen LogP contribution in [0.1, 0.15) is 43.5 Å². The van der Waals surface area contributed by atoms with E-state index in [0.717, 1.165) is 11.3 Å². The third kappa shape index (κ3) is 3.09. The van der Waals surface area contributed by atoms with Crippen molar-refractivity contribution in [3.05, 3.63) is 29.8 Å². The van der Waals surface area contributed by atoms with Crippen LogP contribution < -0.4 is 4.74 Å². The van der Waals surface area contributed by atoms with Crippen molar-refractivity contribution in [2.75, 3.05) is 0 Å². The normalized spacial score (nSPS) is 15.2. The number of rotatable bonds is 5. The number of Topliss-reactive ketones (excluding diaryl/α,β-unsaturated/α-hetero) is 1. The fourth-order valence-corrected chi connectivity index (χ4v) is 1.69. The zero-order valence-corrected chi connectivity index (χ0v) is 9.90. The summed E-state index contributed by atoms with van der Waals surface area (Å²) in [6.45, 7) is 3.98. The molecule has 1 aliphatic carbocycles. The molecule has 0 unspecified atom stereocenters. The number of carbonyl (C=O) groups excluding carboxylic acids is 1. The van der Waals surface area contributed by atoms with Gasteiger partial charge in [0.15, 0.2) is 5.78 Å². The molecule has 0 aromatic heterocycles. The Kier molecular flexibility index (Phi) is 3.28. The summed E-state index contributed by atoms with van der Waals surface area (Å²) in [6, 6.07) is 7.48. The number of hydrogen-bond acceptors (Lipinski definition) is 2. The van der Waals surface area contributed by atoms with Gasteiger partial charge in [-0.3, -0.25) is 4.79 Å². The lowest BCUT2D eigenvalue weighted by Crippen LogP contribution is -2.06. The lowest BCUT2D eigenvalue weighted by molar-refractivity contribution is 0.0976. The van der Waals surface area contributed by atoms with Crippen LogP contribution in [0.3, 0.4) is 0 Å². The third-order valence-corrected chi connectivity index (χ3v) is 2.72. The molecule has 1 saturated carbocycles. The smallest absolute Gasteiger partial charge is 0.163 e. The van der Waals surface area contributed by atoms with Gasteiger partial charge in [0, 0.05) is 12.0 Å². The first kappa shape index (κ1) is 11.2. The van der Waals surface area contributed by atoms with Gasteiger partial charge in [0.1, 0.15) is 5.75 Å². The van der Waals surface area contributed by atoms with Crippen molar-refractivity contribution in [1.29, 1.82) is 0 Å². The van der Waals surface area contributed by atoms with Crippen molar-refractivity contribution >= 4 is 5.78 Å². The van der Waals surface area contributed by atoms with E-state index in [1.807, 2.05) is 38.1 Å². The summed E-state index contributed by atoms with van der Waals surface area (Å²) in [4.78, 5) is 11.8. The summed E-state index contributed by atoms with van der Waals surface area (Å²) in [5.41, 5.74) is 0.808. The van der Waals surface area contributed by atoms with E-state index < -0.39 is 0 Å². The van der Waals surface area contributed by atoms with Crippen LogP contribution in [0.2, 0.25) is 0 Å². The van der Waals surface area contributed by atoms with Gasteiger partial charge in [-0.05, 0) is 56.9 Å². The highest BCUT2D eigenvalue weighted by atomic mass is 16.5. The van der Waals surface area contributed by atoms with Crippen LogP contribution in [0.15, 0.2) is 24.3 Å². The fourth-order valence-electron chi connectivity index (χ4n) is 1.69. The Labute approximate surface area is 96.6 Å². The number of benzene rings is 1. The van der Waals surface area contributed by atoms with Gasteiger partial charge in [-0.25, -0.2) is 0 Å². The molecule has 16 heavy (non-hydrogen) atoms. The Hall–Kier alpha value is -1.31. The van der Waals surface area contributed by atoms with E-state index in [0.29, 0.717) is 12.3 Å². The van der Waals surface area contributed by atoms with Crippen molar-refractivity contribution in [2.45, 2.75) is 39.2 Å². The molecule has 1 fully saturated rings. The topological polar surface area (TPSA) is 26.3 Å². The van der Waals surface area contributed by atoms with Gasteiger partial charge in [-0.1, -0.05) is 0 Å². The summed E-state index contributed by atoms with van der Waals surface area (Å²) >= 11 is 0. The van der Waals surface area contributed by atoms with Gasteiger partial charge in [-0.15, -0.1) is 0 Å². The van der Waals surface area contributed by atoms with E-state index in [9.17, 15) is 4.79 Å². The van der Waals surface area contributed by atoms with Crippen molar-refractivity contribution in [2.24, 2.45) is 5.92 Å². The number of hydrogen-bond donors (Lipinski definition) is 0. The Morgan fingerprint density at radius 2 is 1.94 bits per heavy atom. The maximum Gasteiger partial charge on any atom is 0.163 e. The van der Waals surface area contributed by atoms with Crippen molar-refractivity contribution in [3.8, 4) is 5.75 Å². The van der Waals surface area contributed by atoms with Gasteiger partial charge in [0.2, 0.25) is 0 Å². The molecule has 0 N–H and O–H groups in total. The molecule has 0 amide bonds. The molecule has 2 nitrogen and oxygen atoms in total. The molecule has 0 heterocycles. The van der Waals surface area contributed by atoms with Crippen LogP contribution in [-0.2, 0) is 0 Å². The standard InChI is InChI=1S/C14H18O2/c1-10(2)16-13-7-5-12(6-8-13)14(15)9-11-3-4-11/h5-8,10-11H,3-4,9H2,1-2H3. The minimum absolute atomic E-state index is 0.174. The third-order valence-electron chi connectivity index (χ3n) is 2.72. The second-order valence-corrected chi connectivity index (χ2v) is 4.76. The van der Waals surface area contributed by atoms with Crippen LogP contribution in [-0.4, -0.2) is 11.9 Å². The summed E-state index contributed by atoms with van der Waals surface area (Å²) in [7, 11) is 0. The molecule has 86 valence electrons. The van der Waals surface area contributed by atoms with Gasteiger partial charge < -0.3 is 4.74 Å². The maximum atomic E-state index is 11.8. The lowest BCUT2D eigenvalue weighted by atomic mass is 10.1. The molecular formula is C14H18O2. The minimum atomic E-state index is 0.174. The zero-order chi connectivity index (χ0) is 11.5. The van der Waals surface area contributed by atoms with E-state index >= 15 is 0 Å². The van der Waals surface area contributed by atoms with E-state index in [1.54, 1.807) is 0 Å². The van der Waals surface area contributed by atoms with E-state index in [2.05, 4.69) is 0 Å². The predicted octanol–water partition coefficient (Wildman–Crippen LogP) is 3.46. The molecule has 0 aliphatic heterocycles. The molecule has 0 bridgehead atoms. The monoisotopic (exact) mass is 218 g/mol. The molecule has 0 atom stereocenters. The Morgan fingerprint density at radius 1 is 1.31 bits per heavy atom. The Bertz CT molecular complexity index is 361. The van der Waals surface area contributed by atoms with Crippen molar-refractivity contribution < 1.29 is 9.53 Å². The SMILES string of the molecule is CC(C)Oc1ccc(C(=O)CC2CC2)cc1. The van der Waals surface area contributed by atoms with E-state index in [-0.39, 0.29) is 11.9 Å². The Balaban J connectivity index is 1.97.